The molecule has 0 aromatic heterocycles. The van der Waals surface area contributed by atoms with E-state index in [1.54, 1.807) is 29.9 Å². The van der Waals surface area contributed by atoms with Crippen LogP contribution in [0, 0.1) is 17.0 Å². The van der Waals surface area contributed by atoms with Crippen LogP contribution in [0.4, 0.5) is 10.5 Å². The molecule has 1 rings (SSSR count). The SMILES string of the molecule is CCNC(=O)OCC(C)(C)SSc1ccc([N+](=O)[O-])c(C)c1. The van der Waals surface area contributed by atoms with Crippen LogP contribution in [0.5, 0.6) is 0 Å². The summed E-state index contributed by atoms with van der Waals surface area (Å²) in [6.07, 6.45) is -0.424. The Morgan fingerprint density at radius 1 is 1.45 bits per heavy atom. The number of carbonyl (C=O) groups is 1. The molecule has 0 aliphatic carbocycles. The van der Waals surface area contributed by atoms with E-state index >= 15 is 0 Å². The molecule has 1 N–H and O–H groups in total. The van der Waals surface area contributed by atoms with Crippen LogP contribution in [0.15, 0.2) is 23.1 Å². The standard InChI is InChI=1S/C14H20N2O4S2/c1-5-15-13(17)20-9-14(3,4)22-21-11-6-7-12(16(18)19)10(2)8-11/h6-8H,5,9H2,1-4H3,(H,15,17). The van der Waals surface area contributed by atoms with Gasteiger partial charge >= 0.3 is 6.09 Å². The van der Waals surface area contributed by atoms with Crippen LogP contribution in [0.25, 0.3) is 0 Å². The Labute approximate surface area is 137 Å². The monoisotopic (exact) mass is 344 g/mol. The highest BCUT2D eigenvalue weighted by atomic mass is 33.1. The maximum Gasteiger partial charge on any atom is 0.407 e. The number of benzene rings is 1. The van der Waals surface area contributed by atoms with E-state index in [1.807, 2.05) is 20.8 Å². The van der Waals surface area contributed by atoms with Crippen molar-refractivity contribution in [1.82, 2.24) is 5.32 Å². The molecule has 0 fully saturated rings. The summed E-state index contributed by atoms with van der Waals surface area (Å²) in [5.41, 5.74) is 0.750. The Morgan fingerprint density at radius 2 is 2.14 bits per heavy atom. The van der Waals surface area contributed by atoms with Crippen LogP contribution < -0.4 is 5.32 Å². The first-order valence-electron chi connectivity index (χ1n) is 6.76. The van der Waals surface area contributed by atoms with Crippen molar-refractivity contribution in [1.29, 1.82) is 0 Å². The zero-order valence-corrected chi connectivity index (χ0v) is 14.7. The topological polar surface area (TPSA) is 81.5 Å². The van der Waals surface area contributed by atoms with Gasteiger partial charge in [-0.15, -0.1) is 0 Å². The van der Waals surface area contributed by atoms with Crippen molar-refractivity contribution in [3.63, 3.8) is 0 Å². The van der Waals surface area contributed by atoms with Crippen LogP contribution >= 0.6 is 21.6 Å². The summed E-state index contributed by atoms with van der Waals surface area (Å²) in [6, 6.07) is 5.02. The molecule has 0 spiro atoms. The van der Waals surface area contributed by atoms with Crippen molar-refractivity contribution < 1.29 is 14.5 Å². The maximum absolute atomic E-state index is 11.3. The van der Waals surface area contributed by atoms with Gasteiger partial charge in [-0.05, 0) is 39.8 Å². The van der Waals surface area contributed by atoms with Gasteiger partial charge in [0.2, 0.25) is 0 Å². The molecule has 0 saturated carbocycles. The van der Waals surface area contributed by atoms with Crippen LogP contribution in [-0.2, 0) is 4.74 Å². The number of ether oxygens (including phenoxy) is 1. The number of nitro benzene ring substituents is 1. The van der Waals surface area contributed by atoms with E-state index < -0.39 is 6.09 Å². The molecule has 8 heteroatoms. The zero-order chi connectivity index (χ0) is 16.8. The molecule has 1 amide bonds. The Balaban J connectivity index is 2.55. The van der Waals surface area contributed by atoms with Crippen molar-refractivity contribution in [2.75, 3.05) is 13.2 Å². The normalized spacial score (nSPS) is 11.1. The van der Waals surface area contributed by atoms with E-state index in [2.05, 4.69) is 5.32 Å². The van der Waals surface area contributed by atoms with Gasteiger partial charge in [0.05, 0.1) is 9.67 Å². The Hall–Kier alpha value is -1.41. The summed E-state index contributed by atoms with van der Waals surface area (Å²) in [5, 5.41) is 13.4. The largest absolute Gasteiger partial charge is 0.448 e. The first-order valence-corrected chi connectivity index (χ1v) is 8.91. The van der Waals surface area contributed by atoms with E-state index in [9.17, 15) is 14.9 Å². The predicted octanol–water partition coefficient (Wildman–Crippen LogP) is 4.17. The fourth-order valence-electron chi connectivity index (χ4n) is 1.50. The number of amides is 1. The number of nitro groups is 1. The highest BCUT2D eigenvalue weighted by Crippen LogP contribution is 2.41. The van der Waals surface area contributed by atoms with Gasteiger partial charge in [-0.25, -0.2) is 4.79 Å². The van der Waals surface area contributed by atoms with Gasteiger partial charge in [0.15, 0.2) is 0 Å². The summed E-state index contributed by atoms with van der Waals surface area (Å²) < 4.78 is 4.86. The van der Waals surface area contributed by atoms with Crippen LogP contribution in [0.1, 0.15) is 26.3 Å². The summed E-state index contributed by atoms with van der Waals surface area (Å²) in [5.74, 6) is 0. The van der Waals surface area contributed by atoms with Crippen LogP contribution in [0.2, 0.25) is 0 Å². The molecule has 0 aliphatic heterocycles. The van der Waals surface area contributed by atoms with Crippen molar-refractivity contribution in [2.24, 2.45) is 0 Å². The number of aryl methyl sites for hydroxylation is 1. The molecule has 1 aromatic carbocycles. The molecule has 0 heterocycles. The molecule has 122 valence electrons. The minimum absolute atomic E-state index is 0.119. The Kier molecular flexibility index (Phi) is 7.02. The number of rotatable bonds is 7. The molecular weight excluding hydrogens is 324 g/mol. The first-order chi connectivity index (χ1) is 10.2. The van der Waals surface area contributed by atoms with Gasteiger partial charge in [0.1, 0.15) is 6.61 Å². The molecule has 0 radical (unpaired) electrons. The van der Waals surface area contributed by atoms with E-state index in [4.69, 9.17) is 4.74 Å². The minimum atomic E-state index is -0.424. The summed E-state index contributed by atoms with van der Waals surface area (Å²) in [6.45, 7) is 8.31. The van der Waals surface area contributed by atoms with Crippen LogP contribution in [0.3, 0.4) is 0 Å². The first kappa shape index (κ1) is 18.6. The van der Waals surface area contributed by atoms with Crippen molar-refractivity contribution in [2.45, 2.75) is 37.3 Å². The third-order valence-electron chi connectivity index (χ3n) is 2.60. The predicted molar refractivity (Wildman–Crippen MR) is 90.4 cm³/mol. The second-order valence-electron chi connectivity index (χ2n) is 5.24. The number of carbonyl (C=O) groups excluding carboxylic acids is 1. The highest BCUT2D eigenvalue weighted by Gasteiger charge is 2.22. The van der Waals surface area contributed by atoms with E-state index in [1.165, 1.54) is 16.9 Å². The molecule has 6 nitrogen and oxygen atoms in total. The smallest absolute Gasteiger partial charge is 0.407 e. The van der Waals surface area contributed by atoms with Gasteiger partial charge in [0.25, 0.3) is 5.69 Å². The van der Waals surface area contributed by atoms with Gasteiger partial charge in [-0.2, -0.15) is 0 Å². The number of hydrogen-bond acceptors (Lipinski definition) is 6. The molecular formula is C14H20N2O4S2. The van der Waals surface area contributed by atoms with Crippen molar-refractivity contribution >= 4 is 33.4 Å². The molecule has 0 bridgehead atoms. The second kappa shape index (κ2) is 8.28. The summed E-state index contributed by atoms with van der Waals surface area (Å²) in [7, 11) is 3.07. The molecule has 22 heavy (non-hydrogen) atoms. The third-order valence-corrected chi connectivity index (χ3v) is 5.88. The number of nitrogens with one attached hydrogen (secondary N) is 1. The quantitative estimate of drug-likeness (QED) is 0.454. The lowest BCUT2D eigenvalue weighted by Gasteiger charge is -2.22. The number of alkyl carbamates (subject to hydrolysis) is 1. The van der Waals surface area contributed by atoms with E-state index in [-0.39, 0.29) is 22.0 Å². The Bertz CT molecular complexity index is 550. The molecule has 0 saturated heterocycles. The van der Waals surface area contributed by atoms with Gasteiger partial charge in [0, 0.05) is 23.1 Å². The molecule has 1 aromatic rings. The fourth-order valence-corrected chi connectivity index (χ4v) is 3.70. The summed E-state index contributed by atoms with van der Waals surface area (Å²) in [4.78, 5) is 22.6. The lowest BCUT2D eigenvalue weighted by molar-refractivity contribution is -0.385. The molecule has 0 aliphatic rings. The number of nitrogens with zero attached hydrogens (tertiary/aromatic N) is 1. The van der Waals surface area contributed by atoms with Gasteiger partial charge in [-0.1, -0.05) is 21.6 Å². The maximum atomic E-state index is 11.3. The third kappa shape index (κ3) is 6.15. The highest BCUT2D eigenvalue weighted by molar-refractivity contribution is 8.77. The molecule has 0 atom stereocenters. The average Bonchev–Trinajstić information content (AvgIpc) is 2.43. The van der Waals surface area contributed by atoms with E-state index in [0.29, 0.717) is 12.1 Å². The molecule has 0 unspecified atom stereocenters. The lowest BCUT2D eigenvalue weighted by Crippen LogP contribution is -2.30. The lowest BCUT2D eigenvalue weighted by atomic mass is 10.2. The zero-order valence-electron chi connectivity index (χ0n) is 13.0. The van der Waals surface area contributed by atoms with E-state index in [0.717, 1.165) is 4.90 Å². The van der Waals surface area contributed by atoms with Gasteiger partial charge in [-0.3, -0.25) is 10.1 Å². The summed E-state index contributed by atoms with van der Waals surface area (Å²) >= 11 is 0. The Morgan fingerprint density at radius 3 is 2.68 bits per heavy atom. The fraction of sp³-hybridized carbons (Fsp3) is 0.500. The van der Waals surface area contributed by atoms with Gasteiger partial charge < -0.3 is 10.1 Å². The van der Waals surface area contributed by atoms with Crippen LogP contribution in [-0.4, -0.2) is 28.9 Å². The van der Waals surface area contributed by atoms with Crippen molar-refractivity contribution in [3.8, 4) is 0 Å². The van der Waals surface area contributed by atoms with Crippen molar-refractivity contribution in [3.05, 3.63) is 33.9 Å². The number of hydrogen-bond donors (Lipinski definition) is 1. The average molecular weight is 344 g/mol. The second-order valence-corrected chi connectivity index (χ2v) is 8.15. The minimum Gasteiger partial charge on any atom is -0.448 e.